The first-order chi connectivity index (χ1) is 19.0. The fraction of sp³-hybridized carbons (Fsp3) is 0.345. The molecule has 1 amide bonds. The second-order valence-corrected chi connectivity index (χ2v) is 9.08. The van der Waals surface area contributed by atoms with Crippen LogP contribution in [0.1, 0.15) is 37.4 Å². The molecule has 0 saturated carbocycles. The minimum atomic E-state index is -0.823. The molecule has 1 fully saturated rings. The summed E-state index contributed by atoms with van der Waals surface area (Å²) < 4.78 is 24.7. The van der Waals surface area contributed by atoms with Gasteiger partial charge in [0.25, 0.3) is 11.7 Å². The van der Waals surface area contributed by atoms with Crippen molar-refractivity contribution in [2.45, 2.75) is 32.9 Å². The molecule has 39 heavy (non-hydrogen) atoms. The van der Waals surface area contributed by atoms with E-state index in [2.05, 4.69) is 4.98 Å². The summed E-state index contributed by atoms with van der Waals surface area (Å²) in [5.41, 5.74) is 0.991. The number of carbonyl (C=O) groups excluding carboxylic acids is 2. The highest BCUT2D eigenvalue weighted by Crippen LogP contribution is 2.43. The van der Waals surface area contributed by atoms with Gasteiger partial charge in [-0.1, -0.05) is 6.07 Å². The predicted molar refractivity (Wildman–Crippen MR) is 142 cm³/mol. The lowest BCUT2D eigenvalue weighted by Crippen LogP contribution is -2.31. The predicted octanol–water partition coefficient (Wildman–Crippen LogP) is 3.96. The van der Waals surface area contributed by atoms with E-state index < -0.39 is 17.7 Å². The van der Waals surface area contributed by atoms with E-state index >= 15 is 0 Å². The Bertz CT molecular complexity index is 1380. The van der Waals surface area contributed by atoms with Crippen molar-refractivity contribution in [3.63, 3.8) is 0 Å². The van der Waals surface area contributed by atoms with Gasteiger partial charge in [0.1, 0.15) is 19.0 Å². The largest absolute Gasteiger partial charge is 0.507 e. The van der Waals surface area contributed by atoms with E-state index in [1.807, 2.05) is 24.6 Å². The molecular formula is C29H31N3O7. The molecule has 3 aromatic rings. The molecule has 0 unspecified atom stereocenters. The number of ether oxygens (including phenoxy) is 4. The number of aryl methyl sites for hydroxylation is 1. The molecule has 3 heterocycles. The highest BCUT2D eigenvalue weighted by atomic mass is 16.6. The maximum Gasteiger partial charge on any atom is 0.295 e. The maximum atomic E-state index is 13.4. The first-order valence-electron chi connectivity index (χ1n) is 13.1. The van der Waals surface area contributed by atoms with Crippen molar-refractivity contribution in [1.29, 1.82) is 0 Å². The maximum absolute atomic E-state index is 13.4. The minimum Gasteiger partial charge on any atom is -0.507 e. The van der Waals surface area contributed by atoms with Crippen LogP contribution < -0.4 is 18.9 Å². The Morgan fingerprint density at radius 3 is 2.51 bits per heavy atom. The molecule has 0 bridgehead atoms. The summed E-state index contributed by atoms with van der Waals surface area (Å²) >= 11 is 0. The molecule has 1 N–H and O–H groups in total. The van der Waals surface area contributed by atoms with Crippen molar-refractivity contribution >= 4 is 17.4 Å². The van der Waals surface area contributed by atoms with Gasteiger partial charge in [0.15, 0.2) is 23.0 Å². The Labute approximate surface area is 226 Å². The second-order valence-electron chi connectivity index (χ2n) is 9.08. The fourth-order valence-corrected chi connectivity index (χ4v) is 4.88. The molecule has 0 radical (unpaired) electrons. The standard InChI is InChI=1S/C29H31N3O7/c1-3-36-21-8-6-19(16-23(21)37-4-2)26-25(27(33)20-7-9-22-24(17-20)39-15-14-38-22)28(34)29(35)32(26)12-5-11-31-13-10-30-18-31/h6-10,13,16-18,26,33H,3-5,11-12,14-15H2,1-2H3/b27-25+/t26-/m1/s1. The SMILES string of the molecule is CCOc1ccc([C@@H]2/C(=C(\O)c3ccc4c(c3)OCCO4)C(=O)C(=O)N2CCCn2ccnc2)cc1OCC. The lowest BCUT2D eigenvalue weighted by molar-refractivity contribution is -0.139. The Hall–Kier alpha value is -4.47. The molecule has 2 aromatic carbocycles. The van der Waals surface area contributed by atoms with Crippen molar-refractivity contribution in [3.8, 4) is 23.0 Å². The zero-order valence-electron chi connectivity index (χ0n) is 22.0. The monoisotopic (exact) mass is 533 g/mol. The number of carbonyl (C=O) groups is 2. The van der Waals surface area contributed by atoms with Crippen LogP contribution in [0.5, 0.6) is 23.0 Å². The summed E-state index contributed by atoms with van der Waals surface area (Å²) in [4.78, 5) is 32.4. The van der Waals surface area contributed by atoms with Crippen LogP contribution in [-0.4, -0.2) is 64.2 Å². The number of nitrogens with zero attached hydrogens (tertiary/aromatic N) is 3. The van der Waals surface area contributed by atoms with Crippen LogP contribution in [0.25, 0.3) is 5.76 Å². The number of amides is 1. The van der Waals surface area contributed by atoms with Crippen LogP contribution in [0.2, 0.25) is 0 Å². The number of imidazole rings is 1. The first kappa shape index (κ1) is 26.1. The van der Waals surface area contributed by atoms with Gasteiger partial charge in [0.05, 0.1) is 31.2 Å². The quantitative estimate of drug-likeness (QED) is 0.237. The van der Waals surface area contributed by atoms with E-state index in [4.69, 9.17) is 18.9 Å². The number of hydrogen-bond acceptors (Lipinski definition) is 8. The summed E-state index contributed by atoms with van der Waals surface area (Å²) in [6.45, 7) is 6.34. The lowest BCUT2D eigenvalue weighted by atomic mass is 9.94. The summed E-state index contributed by atoms with van der Waals surface area (Å²) in [5.74, 6) is 0.392. The average molecular weight is 534 g/mol. The number of rotatable bonds is 10. The highest BCUT2D eigenvalue weighted by Gasteiger charge is 2.46. The van der Waals surface area contributed by atoms with Crippen LogP contribution in [0, 0.1) is 0 Å². The number of benzene rings is 2. The number of hydrogen-bond donors (Lipinski definition) is 1. The minimum absolute atomic E-state index is 0.00548. The lowest BCUT2D eigenvalue weighted by Gasteiger charge is -2.26. The molecule has 1 aromatic heterocycles. The average Bonchev–Trinajstić information content (AvgIpc) is 3.56. The number of likely N-dealkylation sites (tertiary alicyclic amines) is 1. The Balaban J connectivity index is 1.57. The molecule has 0 aliphatic carbocycles. The number of aliphatic hydroxyl groups excluding tert-OH is 1. The molecule has 0 spiro atoms. The van der Waals surface area contributed by atoms with Gasteiger partial charge in [0.2, 0.25) is 0 Å². The van der Waals surface area contributed by atoms with E-state index in [1.54, 1.807) is 48.9 Å². The summed E-state index contributed by atoms with van der Waals surface area (Å²) in [5, 5.41) is 11.5. The number of fused-ring (bicyclic) bond motifs is 1. The summed E-state index contributed by atoms with van der Waals surface area (Å²) in [7, 11) is 0. The third kappa shape index (κ3) is 5.27. The third-order valence-electron chi connectivity index (χ3n) is 6.61. The molecule has 10 nitrogen and oxygen atoms in total. The molecule has 2 aliphatic heterocycles. The topological polar surface area (TPSA) is 112 Å². The molecular weight excluding hydrogens is 502 g/mol. The van der Waals surface area contributed by atoms with Crippen molar-refractivity contribution < 1.29 is 33.6 Å². The first-order valence-corrected chi connectivity index (χ1v) is 13.1. The molecule has 2 aliphatic rings. The van der Waals surface area contributed by atoms with Gasteiger partial charge in [-0.15, -0.1) is 0 Å². The van der Waals surface area contributed by atoms with Crippen molar-refractivity contribution in [1.82, 2.24) is 14.5 Å². The van der Waals surface area contributed by atoms with Gasteiger partial charge in [-0.3, -0.25) is 9.59 Å². The van der Waals surface area contributed by atoms with Gasteiger partial charge in [-0.05, 0) is 56.2 Å². The van der Waals surface area contributed by atoms with Gasteiger partial charge in [-0.2, -0.15) is 0 Å². The molecule has 5 rings (SSSR count). The fourth-order valence-electron chi connectivity index (χ4n) is 4.88. The Morgan fingerprint density at radius 2 is 1.77 bits per heavy atom. The van der Waals surface area contributed by atoms with Crippen LogP contribution in [0.3, 0.4) is 0 Å². The van der Waals surface area contributed by atoms with Crippen molar-refractivity contribution in [3.05, 3.63) is 71.8 Å². The van der Waals surface area contributed by atoms with E-state index in [-0.39, 0.29) is 11.3 Å². The van der Waals surface area contributed by atoms with E-state index in [0.717, 1.165) is 0 Å². The van der Waals surface area contributed by atoms with Crippen LogP contribution in [0.15, 0.2) is 60.7 Å². The van der Waals surface area contributed by atoms with Gasteiger partial charge < -0.3 is 33.5 Å². The number of ketones is 1. The second kappa shape index (κ2) is 11.5. The van der Waals surface area contributed by atoms with Crippen LogP contribution in [-0.2, 0) is 16.1 Å². The number of aliphatic hydroxyl groups is 1. The zero-order chi connectivity index (χ0) is 27.4. The number of Topliss-reactive ketones (excluding diaryl/α,β-unsaturated/α-hetero) is 1. The van der Waals surface area contributed by atoms with Crippen LogP contribution in [0.4, 0.5) is 0 Å². The van der Waals surface area contributed by atoms with Crippen molar-refractivity contribution in [2.75, 3.05) is 33.0 Å². The third-order valence-corrected chi connectivity index (χ3v) is 6.61. The van der Waals surface area contributed by atoms with Crippen molar-refractivity contribution in [2.24, 2.45) is 0 Å². The Kier molecular flexibility index (Phi) is 7.72. The molecule has 10 heteroatoms. The van der Waals surface area contributed by atoms with E-state index in [9.17, 15) is 14.7 Å². The molecule has 204 valence electrons. The summed E-state index contributed by atoms with van der Waals surface area (Å²) in [6, 6.07) is 9.46. The van der Waals surface area contributed by atoms with Gasteiger partial charge >= 0.3 is 0 Å². The molecule has 1 saturated heterocycles. The van der Waals surface area contributed by atoms with Crippen LogP contribution >= 0.6 is 0 Å². The van der Waals surface area contributed by atoms with Gasteiger partial charge in [0, 0.05) is 31.0 Å². The molecule has 1 atom stereocenters. The normalized spacial score (nSPS) is 17.9. The van der Waals surface area contributed by atoms with E-state index in [0.29, 0.717) is 80.1 Å². The Morgan fingerprint density at radius 1 is 1.00 bits per heavy atom. The zero-order valence-corrected chi connectivity index (χ0v) is 22.0. The smallest absolute Gasteiger partial charge is 0.295 e. The summed E-state index contributed by atoms with van der Waals surface area (Å²) in [6.07, 6.45) is 5.82. The van der Waals surface area contributed by atoms with E-state index in [1.165, 1.54) is 4.90 Å². The van der Waals surface area contributed by atoms with Gasteiger partial charge in [-0.25, -0.2) is 4.98 Å². The number of aromatic nitrogens is 2. The highest BCUT2D eigenvalue weighted by molar-refractivity contribution is 6.46.